The first-order valence-electron chi connectivity index (χ1n) is 10.5. The van der Waals surface area contributed by atoms with Crippen LogP contribution >= 0.6 is 23.1 Å². The van der Waals surface area contributed by atoms with E-state index in [1.165, 1.54) is 23.8 Å². The molecule has 4 N–H and O–H groups in total. The molecule has 4 rings (SSSR count). The summed E-state index contributed by atoms with van der Waals surface area (Å²) >= 11 is 2.54. The standard InChI is InChI=1S/C22H22N6O5S2/c1-33-26-15(14-12-35-22(23)24-14)18(29)25-16-19(30)28-17(21(31)32)13(11-34-20(16)28)7-3-6-10-27-8-4-2-5-9-27/h2-6,8-9,12,16,20H,7,10-11H2,1H3,(H3-,23,24,25,29,31,32)/p+1/b6-3+,26-15-/t16-,20-/m1/s1. The van der Waals surface area contributed by atoms with Crippen molar-refractivity contribution in [1.82, 2.24) is 15.2 Å². The number of nitrogens with two attached hydrogens (primary N) is 1. The second-order valence-corrected chi connectivity index (χ2v) is 9.55. The summed E-state index contributed by atoms with van der Waals surface area (Å²) in [6.45, 7) is 0.652. The number of nitrogen functional groups attached to an aromatic ring is 1. The molecule has 2 aliphatic rings. The number of aliphatic carboxylic acids is 1. The number of carbonyl (C=O) groups is 3. The molecule has 2 aliphatic heterocycles. The van der Waals surface area contributed by atoms with Gasteiger partial charge >= 0.3 is 5.97 Å². The predicted molar refractivity (Wildman–Crippen MR) is 130 cm³/mol. The summed E-state index contributed by atoms with van der Waals surface area (Å²) in [5, 5.41) is 17.5. The minimum Gasteiger partial charge on any atom is -0.477 e. The van der Waals surface area contributed by atoms with E-state index >= 15 is 0 Å². The number of thioether (sulfide) groups is 1. The topological polar surface area (TPSA) is 151 Å². The van der Waals surface area contributed by atoms with E-state index in [4.69, 9.17) is 10.6 Å². The van der Waals surface area contributed by atoms with Crippen LogP contribution in [0.5, 0.6) is 0 Å². The fourth-order valence-corrected chi connectivity index (χ4v) is 5.63. The van der Waals surface area contributed by atoms with Crippen LogP contribution in [0.4, 0.5) is 5.13 Å². The van der Waals surface area contributed by atoms with Crippen molar-refractivity contribution >= 4 is 51.7 Å². The van der Waals surface area contributed by atoms with Gasteiger partial charge < -0.3 is 21.0 Å². The number of anilines is 1. The lowest BCUT2D eigenvalue weighted by molar-refractivity contribution is -0.687. The fourth-order valence-electron chi connectivity index (χ4n) is 3.72. The van der Waals surface area contributed by atoms with Gasteiger partial charge in [0.05, 0.1) is 0 Å². The Morgan fingerprint density at radius 2 is 2.14 bits per heavy atom. The van der Waals surface area contributed by atoms with Crippen molar-refractivity contribution in [1.29, 1.82) is 0 Å². The summed E-state index contributed by atoms with van der Waals surface area (Å²) in [4.78, 5) is 47.8. The van der Waals surface area contributed by atoms with Gasteiger partial charge in [-0.2, -0.15) is 0 Å². The summed E-state index contributed by atoms with van der Waals surface area (Å²) in [7, 11) is 1.29. The highest BCUT2D eigenvalue weighted by Crippen LogP contribution is 2.41. The van der Waals surface area contributed by atoms with Crippen molar-refractivity contribution in [2.24, 2.45) is 5.16 Å². The normalized spacial score (nSPS) is 20.0. The fraction of sp³-hybridized carbons (Fsp3) is 0.273. The summed E-state index contributed by atoms with van der Waals surface area (Å²) in [5.74, 6) is -1.91. The SMILES string of the molecule is CO/N=C(\C(=O)N[C@@H]1C(=O)N2C(C(=O)O)=C(C/C=C/C[n+]3ccccc3)CS[C@H]12)c1csc(N)n1. The van der Waals surface area contributed by atoms with E-state index in [0.717, 1.165) is 11.3 Å². The lowest BCUT2D eigenvalue weighted by Gasteiger charge is -2.49. The molecule has 0 saturated carbocycles. The van der Waals surface area contributed by atoms with Crippen LogP contribution in [0.2, 0.25) is 0 Å². The molecule has 4 heterocycles. The Morgan fingerprint density at radius 1 is 1.37 bits per heavy atom. The maximum absolute atomic E-state index is 12.9. The molecule has 2 aromatic rings. The first kappa shape index (κ1) is 24.4. The number of β-lactam (4-membered cyclic amide) rings is 1. The van der Waals surface area contributed by atoms with Crippen molar-refractivity contribution in [2.45, 2.75) is 24.4 Å². The Kier molecular flexibility index (Phi) is 7.46. The van der Waals surface area contributed by atoms with Gasteiger partial charge in [0.25, 0.3) is 11.8 Å². The molecule has 0 unspecified atom stereocenters. The van der Waals surface area contributed by atoms with Crippen molar-refractivity contribution < 1.29 is 28.9 Å². The number of rotatable bonds is 9. The van der Waals surface area contributed by atoms with Crippen LogP contribution in [0.1, 0.15) is 12.1 Å². The largest absolute Gasteiger partial charge is 0.477 e. The number of carboxylic acids is 1. The molecule has 13 heteroatoms. The van der Waals surface area contributed by atoms with Gasteiger partial charge in [0.2, 0.25) is 0 Å². The van der Waals surface area contributed by atoms with Crippen molar-refractivity contribution in [3.8, 4) is 0 Å². The number of carbonyl (C=O) groups excluding carboxylic acids is 2. The number of aromatic nitrogens is 2. The molecule has 2 amide bonds. The van der Waals surface area contributed by atoms with Gasteiger partial charge in [-0.1, -0.05) is 17.3 Å². The van der Waals surface area contributed by atoms with Crippen molar-refractivity contribution in [3.05, 3.63) is 65.1 Å². The van der Waals surface area contributed by atoms with Gasteiger partial charge in [0.15, 0.2) is 29.8 Å². The third-order valence-electron chi connectivity index (χ3n) is 5.32. The van der Waals surface area contributed by atoms with E-state index in [1.807, 2.05) is 47.3 Å². The molecule has 0 bridgehead atoms. The average molecular weight is 516 g/mol. The Bertz CT molecular complexity index is 1230. The number of oxime groups is 1. The molecule has 35 heavy (non-hydrogen) atoms. The maximum atomic E-state index is 12.9. The van der Waals surface area contributed by atoms with Crippen LogP contribution in [0.25, 0.3) is 0 Å². The molecule has 11 nitrogen and oxygen atoms in total. The highest BCUT2D eigenvalue weighted by molar-refractivity contribution is 8.00. The minimum atomic E-state index is -1.17. The summed E-state index contributed by atoms with van der Waals surface area (Å²) in [5.41, 5.74) is 6.36. The Balaban J connectivity index is 1.44. The quantitative estimate of drug-likeness (QED) is 0.146. The average Bonchev–Trinajstić information content (AvgIpc) is 3.29. The van der Waals surface area contributed by atoms with E-state index in [-0.39, 0.29) is 22.2 Å². The summed E-state index contributed by atoms with van der Waals surface area (Å²) < 4.78 is 1.99. The van der Waals surface area contributed by atoms with Crippen LogP contribution < -0.4 is 15.6 Å². The smallest absolute Gasteiger partial charge is 0.352 e. The molecule has 2 atom stereocenters. The van der Waals surface area contributed by atoms with Crippen LogP contribution in [0.3, 0.4) is 0 Å². The molecule has 1 fully saturated rings. The van der Waals surface area contributed by atoms with Crippen LogP contribution in [-0.4, -0.2) is 62.8 Å². The van der Waals surface area contributed by atoms with Crippen LogP contribution in [-0.2, 0) is 25.8 Å². The second kappa shape index (κ2) is 10.7. The predicted octanol–water partition coefficient (Wildman–Crippen LogP) is 0.748. The Hall–Kier alpha value is -3.71. The highest BCUT2D eigenvalue weighted by Gasteiger charge is 2.54. The van der Waals surface area contributed by atoms with Gasteiger partial charge in [-0.25, -0.2) is 14.3 Å². The van der Waals surface area contributed by atoms with E-state index in [0.29, 0.717) is 24.3 Å². The Morgan fingerprint density at radius 3 is 2.80 bits per heavy atom. The van der Waals surface area contributed by atoms with Crippen molar-refractivity contribution in [2.75, 3.05) is 18.6 Å². The van der Waals surface area contributed by atoms with Crippen LogP contribution in [0.15, 0.2) is 64.6 Å². The number of fused-ring (bicyclic) bond motifs is 1. The van der Waals surface area contributed by atoms with E-state index in [2.05, 4.69) is 15.5 Å². The number of allylic oxidation sites excluding steroid dienone is 2. The lowest BCUT2D eigenvalue weighted by atomic mass is 10.0. The van der Waals surface area contributed by atoms with Gasteiger partial charge in [-0.15, -0.1) is 23.1 Å². The number of nitrogens with zero attached hydrogens (tertiary/aromatic N) is 4. The highest BCUT2D eigenvalue weighted by atomic mass is 32.2. The minimum absolute atomic E-state index is 0.0284. The van der Waals surface area contributed by atoms with E-state index in [1.54, 1.807) is 5.38 Å². The molecule has 0 radical (unpaired) electrons. The van der Waals surface area contributed by atoms with Gasteiger partial charge in [-0.3, -0.25) is 14.5 Å². The number of nitrogens with one attached hydrogen (secondary N) is 1. The van der Waals surface area contributed by atoms with E-state index in [9.17, 15) is 19.5 Å². The van der Waals surface area contributed by atoms with Gasteiger partial charge in [0.1, 0.15) is 29.9 Å². The van der Waals surface area contributed by atoms with Gasteiger partial charge in [0, 0.05) is 23.3 Å². The number of hydrogen-bond acceptors (Lipinski definition) is 9. The third-order valence-corrected chi connectivity index (χ3v) is 7.34. The summed E-state index contributed by atoms with van der Waals surface area (Å²) in [6.07, 6.45) is 8.13. The molecule has 0 spiro atoms. The zero-order valence-corrected chi connectivity index (χ0v) is 20.3. The number of thiazole rings is 1. The zero-order valence-electron chi connectivity index (χ0n) is 18.7. The first-order valence-corrected chi connectivity index (χ1v) is 12.5. The monoisotopic (exact) mass is 515 g/mol. The number of hydrogen-bond donors (Lipinski definition) is 3. The number of carboxylic acid groups (broad SMARTS) is 1. The molecular weight excluding hydrogens is 492 g/mol. The first-order chi connectivity index (χ1) is 16.9. The molecule has 1 saturated heterocycles. The number of pyridine rings is 1. The second-order valence-electron chi connectivity index (χ2n) is 7.56. The molecular formula is C22H23N6O5S2+. The van der Waals surface area contributed by atoms with Gasteiger partial charge in [-0.05, 0) is 18.1 Å². The maximum Gasteiger partial charge on any atom is 0.352 e. The van der Waals surface area contributed by atoms with Crippen LogP contribution in [0, 0.1) is 0 Å². The lowest BCUT2D eigenvalue weighted by Crippen LogP contribution is -2.71. The van der Waals surface area contributed by atoms with E-state index < -0.39 is 29.2 Å². The van der Waals surface area contributed by atoms with Crippen molar-refractivity contribution in [3.63, 3.8) is 0 Å². The Labute approximate surface area is 209 Å². The molecule has 0 aromatic carbocycles. The molecule has 0 aliphatic carbocycles. The molecule has 182 valence electrons. The third kappa shape index (κ3) is 5.20. The zero-order chi connectivity index (χ0) is 24.9. The summed E-state index contributed by atoms with van der Waals surface area (Å²) in [6, 6.07) is 4.89. The number of amides is 2. The molecule has 2 aromatic heterocycles.